The quantitative estimate of drug-likeness (QED) is 0.804. The number of nitrogens with zero attached hydrogens (tertiary/aromatic N) is 2. The summed E-state index contributed by atoms with van der Waals surface area (Å²) in [6.07, 6.45) is 3.05. The van der Waals surface area contributed by atoms with Crippen LogP contribution in [-0.2, 0) is 16.1 Å². The van der Waals surface area contributed by atoms with Crippen LogP contribution in [0, 0.1) is 0 Å². The van der Waals surface area contributed by atoms with Gasteiger partial charge in [-0.2, -0.15) is 4.98 Å². The summed E-state index contributed by atoms with van der Waals surface area (Å²) in [5.41, 5.74) is 0. The van der Waals surface area contributed by atoms with Crippen molar-refractivity contribution in [2.24, 2.45) is 0 Å². The molecule has 1 aromatic heterocycles. The van der Waals surface area contributed by atoms with Crippen LogP contribution in [0.25, 0.3) is 0 Å². The smallest absolute Gasteiger partial charge is 0.229 e. The highest BCUT2D eigenvalue weighted by atomic mass is 16.5. The fourth-order valence-electron chi connectivity index (χ4n) is 1.83. The normalized spacial score (nSPS) is 17.9. The van der Waals surface area contributed by atoms with Crippen molar-refractivity contribution in [2.75, 3.05) is 0 Å². The lowest BCUT2D eigenvalue weighted by Crippen LogP contribution is -2.21. The van der Waals surface area contributed by atoms with Crippen molar-refractivity contribution in [3.63, 3.8) is 0 Å². The maximum atomic E-state index is 11.1. The molecule has 5 nitrogen and oxygen atoms in total. The minimum Gasteiger partial charge on any atom is -0.370 e. The number of carbonyl (C=O) groups is 1. The van der Waals surface area contributed by atoms with Crippen molar-refractivity contribution in [2.45, 2.75) is 58.2 Å². The number of ether oxygens (including phenoxy) is 1. The topological polar surface area (TPSA) is 65.2 Å². The molecule has 0 bridgehead atoms. The summed E-state index contributed by atoms with van der Waals surface area (Å²) in [5.74, 6) is 1.81. The van der Waals surface area contributed by atoms with Crippen LogP contribution in [0.2, 0.25) is 0 Å². The van der Waals surface area contributed by atoms with Crippen LogP contribution < -0.4 is 0 Å². The van der Waals surface area contributed by atoms with Gasteiger partial charge in [0.1, 0.15) is 12.4 Å². The fraction of sp³-hybridized carbons (Fsp3) is 0.750. The molecule has 17 heavy (non-hydrogen) atoms. The molecular formula is C12H18N2O3. The first-order valence-electron chi connectivity index (χ1n) is 6.11. The number of aromatic nitrogens is 2. The van der Waals surface area contributed by atoms with Gasteiger partial charge in [0.2, 0.25) is 5.89 Å². The third-order valence-electron chi connectivity index (χ3n) is 2.92. The predicted molar refractivity (Wildman–Crippen MR) is 60.4 cm³/mol. The van der Waals surface area contributed by atoms with Gasteiger partial charge in [-0.25, -0.2) is 0 Å². The Balaban J connectivity index is 1.79. The van der Waals surface area contributed by atoms with E-state index in [1.54, 1.807) is 0 Å². The number of carbonyl (C=O) groups excluding carboxylic acids is 1. The van der Waals surface area contributed by atoms with E-state index in [0.29, 0.717) is 36.9 Å². The van der Waals surface area contributed by atoms with Crippen LogP contribution in [0.15, 0.2) is 4.52 Å². The molecule has 0 N–H and O–H groups in total. The van der Waals surface area contributed by atoms with Gasteiger partial charge in [0.25, 0.3) is 0 Å². The van der Waals surface area contributed by atoms with E-state index in [0.717, 1.165) is 12.8 Å². The monoisotopic (exact) mass is 238 g/mol. The first-order chi connectivity index (χ1) is 8.15. The summed E-state index contributed by atoms with van der Waals surface area (Å²) >= 11 is 0. The van der Waals surface area contributed by atoms with Gasteiger partial charge >= 0.3 is 0 Å². The van der Waals surface area contributed by atoms with Gasteiger partial charge in [-0.3, -0.25) is 4.79 Å². The summed E-state index contributed by atoms with van der Waals surface area (Å²) in [6, 6.07) is 0. The summed E-state index contributed by atoms with van der Waals surface area (Å²) in [4.78, 5) is 15.3. The van der Waals surface area contributed by atoms with Crippen molar-refractivity contribution in [1.82, 2.24) is 10.1 Å². The first kappa shape index (κ1) is 12.2. The summed E-state index contributed by atoms with van der Waals surface area (Å²) < 4.78 is 10.8. The molecule has 1 aliphatic carbocycles. The number of rotatable bonds is 4. The lowest BCUT2D eigenvalue weighted by molar-refractivity contribution is -0.123. The summed E-state index contributed by atoms with van der Waals surface area (Å²) in [5, 5.41) is 3.86. The second-order valence-corrected chi connectivity index (χ2v) is 4.75. The maximum Gasteiger partial charge on any atom is 0.229 e. The van der Waals surface area contributed by atoms with Gasteiger partial charge in [0.15, 0.2) is 5.82 Å². The number of Topliss-reactive ketones (excluding diaryl/α,β-unsaturated/α-hetero) is 1. The highest BCUT2D eigenvalue weighted by Crippen LogP contribution is 2.19. The van der Waals surface area contributed by atoms with Crippen molar-refractivity contribution >= 4 is 5.78 Å². The zero-order chi connectivity index (χ0) is 12.3. The third kappa shape index (κ3) is 3.36. The molecule has 0 aromatic carbocycles. The number of hydrogen-bond donors (Lipinski definition) is 0. The van der Waals surface area contributed by atoms with Gasteiger partial charge in [-0.1, -0.05) is 19.0 Å². The van der Waals surface area contributed by atoms with Crippen LogP contribution in [0.5, 0.6) is 0 Å². The van der Waals surface area contributed by atoms with Crippen LogP contribution in [0.4, 0.5) is 0 Å². The van der Waals surface area contributed by atoms with Gasteiger partial charge in [-0.15, -0.1) is 0 Å². The molecule has 1 fully saturated rings. The summed E-state index contributed by atoms with van der Waals surface area (Å²) in [6.45, 7) is 4.38. The Morgan fingerprint density at radius 3 is 2.71 bits per heavy atom. The Labute approximate surface area is 101 Å². The molecular weight excluding hydrogens is 220 g/mol. The minimum absolute atomic E-state index is 0.161. The van der Waals surface area contributed by atoms with E-state index in [9.17, 15) is 4.79 Å². The van der Waals surface area contributed by atoms with E-state index in [4.69, 9.17) is 9.26 Å². The van der Waals surface area contributed by atoms with Crippen LogP contribution in [0.1, 0.15) is 57.2 Å². The molecule has 0 unspecified atom stereocenters. The molecule has 0 radical (unpaired) electrons. The Bertz CT molecular complexity index is 377. The molecule has 2 rings (SSSR count). The van der Waals surface area contributed by atoms with Crippen LogP contribution >= 0.6 is 0 Å². The molecule has 1 aliphatic rings. The second kappa shape index (κ2) is 5.40. The predicted octanol–water partition coefficient (Wildman–Crippen LogP) is 2.22. The SMILES string of the molecule is CC(C)c1nc(COC2CCC(=O)CC2)no1. The third-order valence-corrected chi connectivity index (χ3v) is 2.92. The van der Waals surface area contributed by atoms with Crippen molar-refractivity contribution in [3.8, 4) is 0 Å². The molecule has 1 aromatic rings. The lowest BCUT2D eigenvalue weighted by atomic mass is 9.96. The van der Waals surface area contributed by atoms with Gasteiger partial charge in [0, 0.05) is 18.8 Å². The van der Waals surface area contributed by atoms with E-state index in [1.807, 2.05) is 13.8 Å². The van der Waals surface area contributed by atoms with E-state index >= 15 is 0 Å². The first-order valence-corrected chi connectivity index (χ1v) is 6.11. The molecule has 1 heterocycles. The minimum atomic E-state index is 0.161. The molecule has 0 saturated heterocycles. The van der Waals surface area contributed by atoms with Crippen molar-refractivity contribution < 1.29 is 14.1 Å². The fourth-order valence-corrected chi connectivity index (χ4v) is 1.83. The molecule has 0 amide bonds. The van der Waals surface area contributed by atoms with Crippen molar-refractivity contribution in [1.29, 1.82) is 0 Å². The Hall–Kier alpha value is -1.23. The van der Waals surface area contributed by atoms with Gasteiger partial charge in [-0.05, 0) is 12.8 Å². The average molecular weight is 238 g/mol. The highest BCUT2D eigenvalue weighted by molar-refractivity contribution is 5.79. The Kier molecular flexibility index (Phi) is 3.89. The van der Waals surface area contributed by atoms with E-state index in [1.165, 1.54) is 0 Å². The zero-order valence-electron chi connectivity index (χ0n) is 10.3. The van der Waals surface area contributed by atoms with Crippen molar-refractivity contribution in [3.05, 3.63) is 11.7 Å². The number of ketones is 1. The van der Waals surface area contributed by atoms with Crippen LogP contribution in [-0.4, -0.2) is 22.0 Å². The van der Waals surface area contributed by atoms with E-state index < -0.39 is 0 Å². The second-order valence-electron chi connectivity index (χ2n) is 4.75. The molecule has 1 saturated carbocycles. The zero-order valence-corrected chi connectivity index (χ0v) is 10.3. The maximum absolute atomic E-state index is 11.1. The Morgan fingerprint density at radius 1 is 1.41 bits per heavy atom. The largest absolute Gasteiger partial charge is 0.370 e. The Morgan fingerprint density at radius 2 is 2.12 bits per heavy atom. The van der Waals surface area contributed by atoms with Gasteiger partial charge in [0.05, 0.1) is 6.10 Å². The molecule has 94 valence electrons. The standard InChI is InChI=1S/C12H18N2O3/c1-8(2)12-13-11(14-17-12)7-16-10-5-3-9(15)4-6-10/h8,10H,3-7H2,1-2H3. The number of hydrogen-bond acceptors (Lipinski definition) is 5. The lowest BCUT2D eigenvalue weighted by Gasteiger charge is -2.20. The average Bonchev–Trinajstić information content (AvgIpc) is 2.77. The molecule has 0 atom stereocenters. The molecule has 5 heteroatoms. The molecule has 0 aliphatic heterocycles. The molecule has 0 spiro atoms. The highest BCUT2D eigenvalue weighted by Gasteiger charge is 2.20. The van der Waals surface area contributed by atoms with Crippen LogP contribution in [0.3, 0.4) is 0 Å². The van der Waals surface area contributed by atoms with E-state index in [2.05, 4.69) is 10.1 Å². The van der Waals surface area contributed by atoms with Gasteiger partial charge < -0.3 is 9.26 Å². The summed E-state index contributed by atoms with van der Waals surface area (Å²) in [7, 11) is 0. The van der Waals surface area contributed by atoms with E-state index in [-0.39, 0.29) is 12.0 Å².